The van der Waals surface area contributed by atoms with Crippen LogP contribution < -0.4 is 10.6 Å². The quantitative estimate of drug-likeness (QED) is 0.369. The molecule has 3 N–H and O–H groups in total. The van der Waals surface area contributed by atoms with Crippen molar-refractivity contribution in [3.05, 3.63) is 59.7 Å². The third kappa shape index (κ3) is 8.47. The summed E-state index contributed by atoms with van der Waals surface area (Å²) in [7, 11) is 0. The maximum atomic E-state index is 13.3. The highest BCUT2D eigenvalue weighted by atomic mass is 32.2. The molecule has 212 valence electrons. The molecule has 0 unspecified atom stereocenters. The number of amides is 2. The highest BCUT2D eigenvalue weighted by Crippen LogP contribution is 2.44. The average Bonchev–Trinajstić information content (AvgIpc) is 3.15. The molecule has 39 heavy (non-hydrogen) atoms. The Kier molecular flexibility index (Phi) is 9.72. The van der Waals surface area contributed by atoms with Gasteiger partial charge in [-0.15, -0.1) is 0 Å². The van der Waals surface area contributed by atoms with E-state index >= 15 is 0 Å². The van der Waals surface area contributed by atoms with E-state index in [1.54, 1.807) is 6.92 Å². The summed E-state index contributed by atoms with van der Waals surface area (Å²) in [5.41, 5.74) is 3.81. The molecule has 0 heterocycles. The van der Waals surface area contributed by atoms with E-state index in [4.69, 9.17) is 9.47 Å². The second kappa shape index (κ2) is 12.4. The van der Waals surface area contributed by atoms with Crippen LogP contribution in [-0.4, -0.2) is 64.0 Å². The highest BCUT2D eigenvalue weighted by molar-refractivity contribution is 8.00. The van der Waals surface area contributed by atoms with Crippen LogP contribution in [0.3, 0.4) is 0 Å². The predicted molar refractivity (Wildman–Crippen MR) is 154 cm³/mol. The molecule has 3 rings (SSSR count). The fourth-order valence-electron chi connectivity index (χ4n) is 4.56. The molecule has 9 heteroatoms. The Labute approximate surface area is 235 Å². The Bertz CT molecular complexity index is 1140. The van der Waals surface area contributed by atoms with Gasteiger partial charge in [-0.1, -0.05) is 69.3 Å². The van der Waals surface area contributed by atoms with Crippen LogP contribution in [0.4, 0.5) is 4.79 Å². The number of aliphatic carboxylic acids is 1. The first-order valence-corrected chi connectivity index (χ1v) is 14.1. The minimum Gasteiger partial charge on any atom is -0.480 e. The van der Waals surface area contributed by atoms with Gasteiger partial charge in [0.2, 0.25) is 5.91 Å². The van der Waals surface area contributed by atoms with Gasteiger partial charge < -0.3 is 25.2 Å². The van der Waals surface area contributed by atoms with Gasteiger partial charge in [0.25, 0.3) is 0 Å². The number of alkyl carbamates (subject to hydrolysis) is 1. The Hall–Kier alpha value is -3.04. The van der Waals surface area contributed by atoms with Crippen molar-refractivity contribution < 1.29 is 29.0 Å². The lowest BCUT2D eigenvalue weighted by atomic mass is 9.98. The lowest BCUT2D eigenvalue weighted by Gasteiger charge is -2.30. The number of thioether (sulfide) groups is 1. The fourth-order valence-corrected chi connectivity index (χ4v) is 5.46. The lowest BCUT2D eigenvalue weighted by molar-refractivity contribution is -0.150. The van der Waals surface area contributed by atoms with Crippen LogP contribution in [0, 0.1) is 0 Å². The average molecular weight is 557 g/mol. The van der Waals surface area contributed by atoms with Crippen molar-refractivity contribution in [3.8, 4) is 11.1 Å². The number of rotatable bonds is 10. The number of carboxylic acids is 1. The number of carbonyl (C=O) groups excluding carboxylic acids is 2. The van der Waals surface area contributed by atoms with Crippen LogP contribution in [0.15, 0.2) is 48.5 Å². The maximum Gasteiger partial charge on any atom is 0.407 e. The molecular formula is C30H40N2O6S. The van der Waals surface area contributed by atoms with Crippen LogP contribution in [-0.2, 0) is 19.1 Å². The zero-order valence-electron chi connectivity index (χ0n) is 23.7. The highest BCUT2D eigenvalue weighted by Gasteiger charge is 2.34. The molecule has 2 amide bonds. The van der Waals surface area contributed by atoms with Gasteiger partial charge in [0.05, 0.1) is 11.7 Å². The first kappa shape index (κ1) is 30.5. The molecule has 0 saturated heterocycles. The van der Waals surface area contributed by atoms with Crippen molar-refractivity contribution in [1.29, 1.82) is 0 Å². The Morgan fingerprint density at radius 2 is 1.46 bits per heavy atom. The molecular weight excluding hydrogens is 516 g/mol. The van der Waals surface area contributed by atoms with Crippen LogP contribution >= 0.6 is 11.8 Å². The maximum absolute atomic E-state index is 13.3. The number of benzene rings is 2. The van der Waals surface area contributed by atoms with Crippen LogP contribution in [0.1, 0.15) is 65.5 Å². The Morgan fingerprint density at radius 1 is 0.923 bits per heavy atom. The molecule has 0 fully saturated rings. The molecule has 2 aromatic carbocycles. The van der Waals surface area contributed by atoms with Crippen LogP contribution in [0.5, 0.6) is 0 Å². The Morgan fingerprint density at radius 3 is 1.95 bits per heavy atom. The summed E-state index contributed by atoms with van der Waals surface area (Å²) in [4.78, 5) is 38.2. The van der Waals surface area contributed by atoms with Gasteiger partial charge in [0, 0.05) is 16.4 Å². The number of fused-ring (bicyclic) bond motifs is 3. The lowest BCUT2D eigenvalue weighted by Crippen LogP contribution is -2.56. The molecule has 0 saturated carbocycles. The monoisotopic (exact) mass is 556 g/mol. The molecule has 0 radical (unpaired) electrons. The molecule has 3 atom stereocenters. The van der Waals surface area contributed by atoms with Crippen molar-refractivity contribution in [3.63, 3.8) is 0 Å². The SMILES string of the molecule is C[C@H](OC(C)(C)C)[C@H](NC(=O)[C@@H](CSC(C)(C)C)NC(=O)OCC1c2ccccc2-c2ccccc21)C(=O)O. The largest absolute Gasteiger partial charge is 0.480 e. The smallest absolute Gasteiger partial charge is 0.407 e. The second-order valence-electron chi connectivity index (χ2n) is 11.7. The summed E-state index contributed by atoms with van der Waals surface area (Å²) in [5.74, 6) is -1.72. The Balaban J connectivity index is 1.71. The first-order valence-electron chi connectivity index (χ1n) is 13.1. The minimum absolute atomic E-state index is 0.106. The van der Waals surface area contributed by atoms with E-state index in [2.05, 4.69) is 22.8 Å². The molecule has 0 aromatic heterocycles. The number of carbonyl (C=O) groups is 3. The molecule has 1 aliphatic rings. The van der Waals surface area contributed by atoms with Gasteiger partial charge in [-0.3, -0.25) is 4.79 Å². The van der Waals surface area contributed by atoms with Gasteiger partial charge in [-0.05, 0) is 49.9 Å². The summed E-state index contributed by atoms with van der Waals surface area (Å²) in [6.07, 6.45) is -1.53. The summed E-state index contributed by atoms with van der Waals surface area (Å²) < 4.78 is 11.2. The minimum atomic E-state index is -1.29. The molecule has 1 aliphatic carbocycles. The van der Waals surface area contributed by atoms with Gasteiger partial charge >= 0.3 is 12.1 Å². The summed E-state index contributed by atoms with van der Waals surface area (Å²) >= 11 is 1.48. The summed E-state index contributed by atoms with van der Waals surface area (Å²) in [6.45, 7) is 13.1. The molecule has 0 spiro atoms. The molecule has 0 aliphatic heterocycles. The van der Waals surface area contributed by atoms with E-state index in [0.29, 0.717) is 0 Å². The first-order chi connectivity index (χ1) is 18.2. The van der Waals surface area contributed by atoms with Crippen molar-refractivity contribution in [2.45, 2.75) is 82.9 Å². The van der Waals surface area contributed by atoms with Crippen LogP contribution in [0.25, 0.3) is 11.1 Å². The van der Waals surface area contributed by atoms with Gasteiger partial charge in [0.1, 0.15) is 12.6 Å². The van der Waals surface area contributed by atoms with E-state index < -0.39 is 41.8 Å². The zero-order chi connectivity index (χ0) is 29.0. The standard InChI is InChI=1S/C30H40N2O6S/c1-18(38-29(2,3)4)25(27(34)35)32-26(33)24(17-39-30(5,6)7)31-28(36)37-16-23-21-14-10-8-12-19(21)20-13-9-11-15-22(20)23/h8-15,18,23-25H,16-17H2,1-7H3,(H,31,36)(H,32,33)(H,34,35)/t18-,24+,25-/m0/s1. The van der Waals surface area contributed by atoms with Crippen LogP contribution in [0.2, 0.25) is 0 Å². The van der Waals surface area contributed by atoms with E-state index in [1.807, 2.05) is 77.9 Å². The molecule has 8 nitrogen and oxygen atoms in total. The molecule has 0 bridgehead atoms. The number of carboxylic acid groups (broad SMARTS) is 1. The van der Waals surface area contributed by atoms with Crippen molar-refractivity contribution in [1.82, 2.24) is 10.6 Å². The van der Waals surface area contributed by atoms with Gasteiger partial charge in [-0.2, -0.15) is 11.8 Å². The van der Waals surface area contributed by atoms with E-state index in [1.165, 1.54) is 11.8 Å². The van der Waals surface area contributed by atoms with Gasteiger partial charge in [-0.25, -0.2) is 9.59 Å². The topological polar surface area (TPSA) is 114 Å². The number of nitrogens with one attached hydrogen (secondary N) is 2. The van der Waals surface area contributed by atoms with Gasteiger partial charge in [0.15, 0.2) is 6.04 Å². The van der Waals surface area contributed by atoms with Crippen molar-refractivity contribution >= 4 is 29.7 Å². The summed E-state index contributed by atoms with van der Waals surface area (Å²) in [5, 5.41) is 15.0. The third-order valence-electron chi connectivity index (χ3n) is 6.21. The normalized spacial score (nSPS) is 15.5. The van der Waals surface area contributed by atoms with E-state index in [9.17, 15) is 19.5 Å². The molecule has 2 aromatic rings. The fraction of sp³-hybridized carbons (Fsp3) is 0.500. The second-order valence-corrected chi connectivity index (χ2v) is 13.6. The van der Waals surface area contributed by atoms with E-state index in [-0.39, 0.29) is 23.0 Å². The van der Waals surface area contributed by atoms with Crippen molar-refractivity contribution in [2.24, 2.45) is 0 Å². The number of ether oxygens (including phenoxy) is 2. The zero-order valence-corrected chi connectivity index (χ0v) is 24.6. The number of hydrogen-bond acceptors (Lipinski definition) is 6. The third-order valence-corrected chi connectivity index (χ3v) is 7.57. The summed E-state index contributed by atoms with van der Waals surface area (Å²) in [6, 6.07) is 13.8. The number of hydrogen-bond donors (Lipinski definition) is 3. The van der Waals surface area contributed by atoms with Crippen molar-refractivity contribution in [2.75, 3.05) is 12.4 Å². The predicted octanol–water partition coefficient (Wildman–Crippen LogP) is 5.20. The van der Waals surface area contributed by atoms with E-state index in [0.717, 1.165) is 22.3 Å².